The van der Waals surface area contributed by atoms with Gasteiger partial charge in [-0.1, -0.05) is 32.8 Å². The maximum absolute atomic E-state index is 14.0. The fourth-order valence-corrected chi connectivity index (χ4v) is 1.99. The molecule has 20 heavy (non-hydrogen) atoms. The Hall–Kier alpha value is -1.52. The normalized spacial score (nSPS) is 11.8. The number of benzene rings is 1. The first-order valence-corrected chi connectivity index (χ1v) is 6.58. The molecule has 0 aliphatic heterocycles. The number of allylic oxidation sites excluding steroid dienone is 2. The minimum absolute atomic E-state index is 0.282. The number of halogens is 4. The minimum Gasteiger partial charge on any atom is -0.491 e. The lowest BCUT2D eigenvalue weighted by Gasteiger charge is -2.13. The van der Waals surface area contributed by atoms with Gasteiger partial charge in [0.1, 0.15) is 0 Å². The molecule has 112 valence electrons. The van der Waals surface area contributed by atoms with Crippen LogP contribution in [0.15, 0.2) is 6.08 Å². The molecule has 1 aromatic rings. The van der Waals surface area contributed by atoms with Crippen molar-refractivity contribution in [2.45, 2.75) is 39.5 Å². The van der Waals surface area contributed by atoms with Gasteiger partial charge in [-0.05, 0) is 18.4 Å². The second kappa shape index (κ2) is 7.31. The summed E-state index contributed by atoms with van der Waals surface area (Å²) < 4.78 is 59.7. The third kappa shape index (κ3) is 3.14. The molecule has 5 heteroatoms. The lowest BCUT2D eigenvalue weighted by molar-refractivity contribution is 0.331. The molecule has 0 heterocycles. The van der Waals surface area contributed by atoms with Crippen molar-refractivity contribution in [3.05, 3.63) is 34.9 Å². The van der Waals surface area contributed by atoms with Gasteiger partial charge in [0.05, 0.1) is 12.7 Å². The SMILES string of the molecule is CCC/C=C(\CCC)c1c(F)c(F)c(OC)c(F)c1F. The first-order valence-electron chi connectivity index (χ1n) is 6.58. The van der Waals surface area contributed by atoms with Gasteiger partial charge in [-0.15, -0.1) is 0 Å². The van der Waals surface area contributed by atoms with Gasteiger partial charge in [-0.2, -0.15) is 8.78 Å². The summed E-state index contributed by atoms with van der Waals surface area (Å²) in [5.74, 6) is -6.84. The van der Waals surface area contributed by atoms with Crippen LogP contribution in [0.4, 0.5) is 17.6 Å². The van der Waals surface area contributed by atoms with E-state index in [0.717, 1.165) is 13.5 Å². The van der Waals surface area contributed by atoms with Crippen molar-refractivity contribution in [3.63, 3.8) is 0 Å². The van der Waals surface area contributed by atoms with Gasteiger partial charge in [0.2, 0.25) is 11.6 Å². The fraction of sp³-hybridized carbons (Fsp3) is 0.467. The van der Waals surface area contributed by atoms with E-state index >= 15 is 0 Å². The summed E-state index contributed by atoms with van der Waals surface area (Å²) in [5, 5.41) is 0. The summed E-state index contributed by atoms with van der Waals surface area (Å²) in [5.41, 5.74) is -0.346. The van der Waals surface area contributed by atoms with E-state index in [0.29, 0.717) is 19.3 Å². The molecule has 0 radical (unpaired) electrons. The van der Waals surface area contributed by atoms with E-state index in [-0.39, 0.29) is 5.57 Å². The van der Waals surface area contributed by atoms with Gasteiger partial charge >= 0.3 is 0 Å². The molecule has 0 N–H and O–H groups in total. The Morgan fingerprint density at radius 2 is 1.50 bits per heavy atom. The number of unbranched alkanes of at least 4 members (excludes halogenated alkanes) is 1. The van der Waals surface area contributed by atoms with E-state index in [1.165, 1.54) is 0 Å². The second-order valence-corrected chi connectivity index (χ2v) is 4.43. The summed E-state index contributed by atoms with van der Waals surface area (Å²) in [6.45, 7) is 3.73. The van der Waals surface area contributed by atoms with E-state index in [9.17, 15) is 17.6 Å². The van der Waals surface area contributed by atoms with Crippen molar-refractivity contribution in [3.8, 4) is 5.75 Å². The molecular weight excluding hydrogens is 272 g/mol. The highest BCUT2D eigenvalue weighted by Gasteiger charge is 2.27. The molecule has 0 atom stereocenters. The Kier molecular flexibility index (Phi) is 6.05. The summed E-state index contributed by atoms with van der Waals surface area (Å²) in [4.78, 5) is 0. The standard InChI is InChI=1S/C15H18F4O/c1-4-6-8-9(7-5-2)10-11(16)13(18)15(20-3)14(19)12(10)17/h8H,4-7H2,1-3H3/b9-8+. The van der Waals surface area contributed by atoms with Gasteiger partial charge in [0.25, 0.3) is 0 Å². The molecule has 0 spiro atoms. The molecule has 0 fully saturated rings. The lowest BCUT2D eigenvalue weighted by Crippen LogP contribution is -2.06. The van der Waals surface area contributed by atoms with E-state index in [1.54, 1.807) is 6.08 Å². The summed E-state index contributed by atoms with van der Waals surface area (Å²) >= 11 is 0. The predicted molar refractivity (Wildman–Crippen MR) is 70.6 cm³/mol. The number of hydrogen-bond donors (Lipinski definition) is 0. The summed E-state index contributed by atoms with van der Waals surface area (Å²) in [7, 11) is 0.958. The van der Waals surface area contributed by atoms with Gasteiger partial charge in [0, 0.05) is 0 Å². The van der Waals surface area contributed by atoms with E-state index in [4.69, 9.17) is 0 Å². The van der Waals surface area contributed by atoms with Crippen LogP contribution in [-0.2, 0) is 0 Å². The highest BCUT2D eigenvalue weighted by Crippen LogP contribution is 2.35. The van der Waals surface area contributed by atoms with Gasteiger partial charge in [-0.25, -0.2) is 8.78 Å². The minimum atomic E-state index is -1.50. The van der Waals surface area contributed by atoms with E-state index < -0.39 is 34.6 Å². The van der Waals surface area contributed by atoms with Crippen molar-refractivity contribution in [2.75, 3.05) is 7.11 Å². The van der Waals surface area contributed by atoms with Crippen LogP contribution in [-0.4, -0.2) is 7.11 Å². The third-order valence-corrected chi connectivity index (χ3v) is 2.95. The molecule has 1 nitrogen and oxygen atoms in total. The van der Waals surface area contributed by atoms with Crippen molar-refractivity contribution in [1.29, 1.82) is 0 Å². The monoisotopic (exact) mass is 290 g/mol. The first kappa shape index (κ1) is 16.5. The number of ether oxygens (including phenoxy) is 1. The lowest BCUT2D eigenvalue weighted by atomic mass is 9.98. The molecule has 0 aliphatic carbocycles. The Morgan fingerprint density at radius 3 is 1.90 bits per heavy atom. The highest BCUT2D eigenvalue weighted by molar-refractivity contribution is 5.67. The van der Waals surface area contributed by atoms with Crippen LogP contribution in [0.2, 0.25) is 0 Å². The van der Waals surface area contributed by atoms with Crippen LogP contribution in [0, 0.1) is 23.3 Å². The van der Waals surface area contributed by atoms with Crippen LogP contribution in [0.25, 0.3) is 5.57 Å². The van der Waals surface area contributed by atoms with Crippen LogP contribution in [0.1, 0.15) is 45.1 Å². The van der Waals surface area contributed by atoms with Crippen LogP contribution in [0.3, 0.4) is 0 Å². The first-order chi connectivity index (χ1) is 9.49. The molecule has 0 unspecified atom stereocenters. The average Bonchev–Trinajstić information content (AvgIpc) is 2.43. The maximum atomic E-state index is 14.0. The number of methoxy groups -OCH3 is 1. The summed E-state index contributed by atoms with van der Waals surface area (Å²) in [6, 6.07) is 0. The Labute approximate surface area is 116 Å². The molecule has 0 aliphatic rings. The Balaban J connectivity index is 3.50. The van der Waals surface area contributed by atoms with Crippen molar-refractivity contribution >= 4 is 5.57 Å². The van der Waals surface area contributed by atoms with Crippen molar-refractivity contribution in [1.82, 2.24) is 0 Å². The summed E-state index contributed by atoms with van der Waals surface area (Å²) in [6.07, 6.45) is 3.94. The molecule has 0 aromatic heterocycles. The van der Waals surface area contributed by atoms with Gasteiger partial charge < -0.3 is 4.74 Å². The Bertz CT molecular complexity index is 480. The van der Waals surface area contributed by atoms with E-state index in [1.807, 2.05) is 13.8 Å². The molecule has 0 bridgehead atoms. The maximum Gasteiger partial charge on any atom is 0.204 e. The topological polar surface area (TPSA) is 9.23 Å². The predicted octanol–water partition coefficient (Wildman–Crippen LogP) is 5.24. The zero-order chi connectivity index (χ0) is 15.3. The Morgan fingerprint density at radius 1 is 0.950 bits per heavy atom. The largest absolute Gasteiger partial charge is 0.491 e. The highest BCUT2D eigenvalue weighted by atomic mass is 19.2. The van der Waals surface area contributed by atoms with Crippen molar-refractivity contribution < 1.29 is 22.3 Å². The number of hydrogen-bond acceptors (Lipinski definition) is 1. The number of rotatable bonds is 6. The van der Waals surface area contributed by atoms with Gasteiger partial charge in [0.15, 0.2) is 17.4 Å². The molecule has 1 aromatic carbocycles. The van der Waals surface area contributed by atoms with Gasteiger partial charge in [-0.3, -0.25) is 0 Å². The second-order valence-electron chi connectivity index (χ2n) is 4.43. The smallest absolute Gasteiger partial charge is 0.204 e. The van der Waals surface area contributed by atoms with Crippen LogP contribution >= 0.6 is 0 Å². The van der Waals surface area contributed by atoms with Crippen molar-refractivity contribution in [2.24, 2.45) is 0 Å². The molecule has 0 amide bonds. The molecular formula is C15H18F4O. The third-order valence-electron chi connectivity index (χ3n) is 2.95. The molecule has 0 saturated carbocycles. The quantitative estimate of drug-likeness (QED) is 0.514. The zero-order valence-corrected chi connectivity index (χ0v) is 11.8. The van der Waals surface area contributed by atoms with Crippen LogP contribution in [0.5, 0.6) is 5.75 Å². The zero-order valence-electron chi connectivity index (χ0n) is 11.8. The molecule has 0 saturated heterocycles. The average molecular weight is 290 g/mol. The molecule has 1 rings (SSSR count). The van der Waals surface area contributed by atoms with Crippen LogP contribution < -0.4 is 4.74 Å². The fourth-order valence-electron chi connectivity index (χ4n) is 1.99. The van der Waals surface area contributed by atoms with E-state index in [2.05, 4.69) is 4.74 Å².